The Bertz CT molecular complexity index is 1630. The van der Waals surface area contributed by atoms with Crippen LogP contribution in [0.3, 0.4) is 0 Å². The number of piperazine rings is 1. The predicted molar refractivity (Wildman–Crippen MR) is 172 cm³/mol. The molecule has 9 nitrogen and oxygen atoms in total. The summed E-state index contributed by atoms with van der Waals surface area (Å²) in [5, 5.41) is 0. The maximum atomic E-state index is 14.1. The van der Waals surface area contributed by atoms with Crippen LogP contribution in [0.4, 0.5) is 14.9 Å². The normalized spacial score (nSPS) is 19.8. The van der Waals surface area contributed by atoms with Gasteiger partial charge in [0.2, 0.25) is 5.91 Å². The van der Waals surface area contributed by atoms with E-state index in [0.29, 0.717) is 32.6 Å². The molecule has 0 bridgehead atoms. The third kappa shape index (κ3) is 7.44. The summed E-state index contributed by atoms with van der Waals surface area (Å²) in [4.78, 5) is 50.5. The fourth-order valence-electron chi connectivity index (χ4n) is 6.27. The minimum absolute atomic E-state index is 0.0675. The van der Waals surface area contributed by atoms with Gasteiger partial charge in [0.15, 0.2) is 0 Å². The molecular weight excluding hydrogens is 573 g/mol. The van der Waals surface area contributed by atoms with Gasteiger partial charge in [-0.2, -0.15) is 0 Å². The van der Waals surface area contributed by atoms with Crippen LogP contribution in [0.1, 0.15) is 63.9 Å². The third-order valence-electron chi connectivity index (χ3n) is 8.49. The lowest BCUT2D eigenvalue weighted by atomic mass is 9.91. The van der Waals surface area contributed by atoms with Crippen molar-refractivity contribution in [2.24, 2.45) is 0 Å². The predicted octanol–water partition coefficient (Wildman–Crippen LogP) is 4.92. The summed E-state index contributed by atoms with van der Waals surface area (Å²) in [5.74, 6) is -0.349. The summed E-state index contributed by atoms with van der Waals surface area (Å²) in [6.45, 7) is 15.3. The number of pyridine rings is 2. The smallest absolute Gasteiger partial charge is 0.410 e. The molecule has 3 aromatic rings. The minimum Gasteiger partial charge on any atom is -0.444 e. The zero-order valence-electron chi connectivity index (χ0n) is 27.3. The Morgan fingerprint density at radius 2 is 1.78 bits per heavy atom. The Morgan fingerprint density at radius 1 is 1.07 bits per heavy atom. The molecule has 2 aliphatic rings. The van der Waals surface area contributed by atoms with Gasteiger partial charge in [-0.1, -0.05) is 32.0 Å². The highest BCUT2D eigenvalue weighted by Crippen LogP contribution is 2.40. The number of hydrogen-bond donors (Lipinski definition) is 0. The Balaban J connectivity index is 1.40. The van der Waals surface area contributed by atoms with E-state index in [0.717, 1.165) is 28.1 Å². The van der Waals surface area contributed by atoms with Crippen molar-refractivity contribution >= 4 is 17.7 Å². The molecule has 1 fully saturated rings. The minimum atomic E-state index is -0.646. The van der Waals surface area contributed by atoms with Gasteiger partial charge >= 0.3 is 6.09 Å². The maximum absolute atomic E-state index is 14.1. The lowest BCUT2D eigenvalue weighted by Crippen LogP contribution is -2.62. The molecule has 1 aromatic carbocycles. The molecular formula is C35H44FN5O4. The Morgan fingerprint density at radius 3 is 2.47 bits per heavy atom. The number of hydrogen-bond acceptors (Lipinski definition) is 6. The number of anilines is 1. The van der Waals surface area contributed by atoms with Gasteiger partial charge in [0.25, 0.3) is 5.56 Å². The van der Waals surface area contributed by atoms with Crippen molar-refractivity contribution in [1.82, 2.24) is 19.4 Å². The molecule has 2 aliphatic heterocycles. The molecule has 2 amide bonds. The number of halogens is 1. The highest BCUT2D eigenvalue weighted by molar-refractivity contribution is 5.97. The lowest BCUT2D eigenvalue weighted by Gasteiger charge is -2.45. The zero-order valence-corrected chi connectivity index (χ0v) is 27.3. The second-order valence-electron chi connectivity index (χ2n) is 14.1. The van der Waals surface area contributed by atoms with E-state index < -0.39 is 11.7 Å². The van der Waals surface area contributed by atoms with Gasteiger partial charge in [-0.05, 0) is 75.9 Å². The number of aryl methyl sites for hydroxylation is 1. The highest BCUT2D eigenvalue weighted by atomic mass is 19.1. The molecule has 0 unspecified atom stereocenters. The monoisotopic (exact) mass is 617 g/mol. The topological polar surface area (TPSA) is 88.0 Å². The van der Waals surface area contributed by atoms with E-state index in [9.17, 15) is 18.8 Å². The third-order valence-corrected chi connectivity index (χ3v) is 8.49. The van der Waals surface area contributed by atoms with Crippen LogP contribution in [0.15, 0.2) is 59.7 Å². The number of ether oxygens (including phenoxy) is 1. The summed E-state index contributed by atoms with van der Waals surface area (Å²) in [7, 11) is 0. The van der Waals surface area contributed by atoms with Gasteiger partial charge in [-0.15, -0.1) is 0 Å². The van der Waals surface area contributed by atoms with Crippen molar-refractivity contribution in [3.8, 4) is 0 Å². The number of nitrogens with zero attached hydrogens (tertiary/aromatic N) is 5. The number of fused-ring (bicyclic) bond motifs is 1. The average Bonchev–Trinajstić information content (AvgIpc) is 3.22. The second kappa shape index (κ2) is 12.4. The van der Waals surface area contributed by atoms with E-state index in [2.05, 4.69) is 18.7 Å². The van der Waals surface area contributed by atoms with Crippen LogP contribution < -0.4 is 10.5 Å². The number of aromatic nitrogens is 2. The summed E-state index contributed by atoms with van der Waals surface area (Å²) >= 11 is 0. The molecule has 0 saturated carbocycles. The molecule has 45 heavy (non-hydrogen) atoms. The van der Waals surface area contributed by atoms with Crippen LogP contribution >= 0.6 is 0 Å². The van der Waals surface area contributed by atoms with Crippen LogP contribution in [0.2, 0.25) is 0 Å². The molecule has 0 aliphatic carbocycles. The highest BCUT2D eigenvalue weighted by Gasteiger charge is 2.42. The van der Waals surface area contributed by atoms with Crippen LogP contribution in [-0.4, -0.2) is 75.2 Å². The van der Waals surface area contributed by atoms with E-state index in [1.807, 2.05) is 58.0 Å². The van der Waals surface area contributed by atoms with Gasteiger partial charge in [0.05, 0.1) is 17.9 Å². The summed E-state index contributed by atoms with van der Waals surface area (Å²) in [5.41, 5.74) is 3.38. The van der Waals surface area contributed by atoms with Crippen molar-refractivity contribution in [1.29, 1.82) is 0 Å². The first kappa shape index (κ1) is 32.3. The molecule has 2 aromatic heterocycles. The summed E-state index contributed by atoms with van der Waals surface area (Å²) in [6, 6.07) is 11.2. The Kier molecular flexibility index (Phi) is 8.90. The number of benzene rings is 1. The lowest BCUT2D eigenvalue weighted by molar-refractivity contribution is -0.121. The van der Waals surface area contributed by atoms with Crippen molar-refractivity contribution < 1.29 is 18.7 Å². The fraction of sp³-hybridized carbons (Fsp3) is 0.486. The standard InChI is InChI=1S/C35H44FN5O4/c1-23-8-13-30(42)39(17-23)19-28-20-40(33(44)45-34(3,4)5)24(2)18-38(28)21-31(43)41-22-35(6,7)32-29(41)15-26(16-37-32)14-25-9-11-27(36)12-10-25/h8-13,15-17,24,28H,14,18-22H2,1-7H3/t24-,28+/m1/s1. The first-order valence-electron chi connectivity index (χ1n) is 15.5. The van der Waals surface area contributed by atoms with Gasteiger partial charge in [-0.3, -0.25) is 19.5 Å². The molecule has 1 saturated heterocycles. The van der Waals surface area contributed by atoms with Crippen LogP contribution in [0.25, 0.3) is 0 Å². The number of rotatable bonds is 6. The van der Waals surface area contributed by atoms with Gasteiger partial charge in [0.1, 0.15) is 11.4 Å². The fourth-order valence-corrected chi connectivity index (χ4v) is 6.27. The van der Waals surface area contributed by atoms with Gasteiger partial charge in [0, 0.05) is 62.1 Å². The average molecular weight is 618 g/mol. The number of carbonyl (C=O) groups is 2. The van der Waals surface area contributed by atoms with Crippen LogP contribution in [0, 0.1) is 12.7 Å². The summed E-state index contributed by atoms with van der Waals surface area (Å²) in [6.07, 6.45) is 3.81. The SMILES string of the molecule is Cc1ccc(=O)n(C[C@H]2CN(C(=O)OC(C)(C)C)[C@H](C)CN2CC(=O)N2CC(C)(C)c3ncc(Cc4ccc(F)cc4)cc32)c1. The van der Waals surface area contributed by atoms with E-state index in [1.54, 1.807) is 33.7 Å². The molecule has 4 heterocycles. The van der Waals surface area contributed by atoms with Crippen LogP contribution in [-0.2, 0) is 27.9 Å². The van der Waals surface area contributed by atoms with Crippen molar-refractivity contribution in [3.05, 3.63) is 93.4 Å². The molecule has 2 atom stereocenters. The maximum Gasteiger partial charge on any atom is 0.410 e. The zero-order chi connectivity index (χ0) is 32.7. The quantitative estimate of drug-likeness (QED) is 0.391. The van der Waals surface area contributed by atoms with Gasteiger partial charge in [-0.25, -0.2) is 9.18 Å². The molecule has 5 rings (SSSR count). The van der Waals surface area contributed by atoms with Crippen molar-refractivity contribution in [3.63, 3.8) is 0 Å². The van der Waals surface area contributed by atoms with E-state index in [4.69, 9.17) is 9.72 Å². The second-order valence-corrected chi connectivity index (χ2v) is 14.1. The molecule has 0 N–H and O–H groups in total. The van der Waals surface area contributed by atoms with Crippen molar-refractivity contribution in [2.45, 2.75) is 84.5 Å². The molecule has 10 heteroatoms. The number of amides is 2. The first-order chi connectivity index (χ1) is 21.1. The van der Waals surface area contributed by atoms with Crippen molar-refractivity contribution in [2.75, 3.05) is 31.1 Å². The van der Waals surface area contributed by atoms with E-state index in [1.165, 1.54) is 12.1 Å². The Hall–Kier alpha value is -4.05. The molecule has 240 valence electrons. The molecule has 0 spiro atoms. The first-order valence-corrected chi connectivity index (χ1v) is 15.5. The van der Waals surface area contributed by atoms with E-state index in [-0.39, 0.29) is 41.3 Å². The molecule has 0 radical (unpaired) electrons. The Labute approximate surface area is 264 Å². The summed E-state index contributed by atoms with van der Waals surface area (Å²) < 4.78 is 20.8. The largest absolute Gasteiger partial charge is 0.444 e. The van der Waals surface area contributed by atoms with Crippen LogP contribution in [0.5, 0.6) is 0 Å². The van der Waals surface area contributed by atoms with E-state index >= 15 is 0 Å². The number of carbonyl (C=O) groups excluding carboxylic acids is 2. The van der Waals surface area contributed by atoms with Gasteiger partial charge < -0.3 is 19.1 Å².